The Morgan fingerprint density at radius 3 is 2.30 bits per heavy atom. The molecule has 110 valence electrons. The van der Waals surface area contributed by atoms with E-state index in [1.54, 1.807) is 25.1 Å². The molecule has 0 saturated heterocycles. The quantitative estimate of drug-likeness (QED) is 0.723. The van der Waals surface area contributed by atoms with Crippen LogP contribution in [0.2, 0.25) is 0 Å². The van der Waals surface area contributed by atoms with E-state index < -0.39 is 6.10 Å². The van der Waals surface area contributed by atoms with Crippen LogP contribution >= 0.6 is 0 Å². The van der Waals surface area contributed by atoms with Crippen LogP contribution in [-0.4, -0.2) is 21.4 Å². The monoisotopic (exact) mass is 276 g/mol. The molecule has 3 heteroatoms. The summed E-state index contributed by atoms with van der Waals surface area (Å²) in [4.78, 5) is 0. The van der Waals surface area contributed by atoms with E-state index >= 15 is 0 Å². The molecule has 0 spiro atoms. The van der Waals surface area contributed by atoms with E-state index in [-0.39, 0.29) is 11.9 Å². The van der Waals surface area contributed by atoms with E-state index in [4.69, 9.17) is 0 Å². The molecule has 20 heavy (non-hydrogen) atoms. The third-order valence-electron chi connectivity index (χ3n) is 3.19. The molecule has 3 nitrogen and oxygen atoms in total. The van der Waals surface area contributed by atoms with Crippen molar-refractivity contribution in [1.29, 1.82) is 0 Å². The molecule has 2 atom stereocenters. The molecule has 1 aromatic carbocycles. The van der Waals surface area contributed by atoms with E-state index in [2.05, 4.69) is 5.73 Å². The lowest BCUT2D eigenvalue weighted by Gasteiger charge is -2.12. The molecule has 1 aromatic rings. The Hall–Kier alpha value is -1.54. The Morgan fingerprint density at radius 2 is 1.80 bits per heavy atom. The van der Waals surface area contributed by atoms with Crippen molar-refractivity contribution in [3.05, 3.63) is 46.2 Å². The largest absolute Gasteiger partial charge is 0.507 e. The third kappa shape index (κ3) is 4.86. The van der Waals surface area contributed by atoms with Crippen LogP contribution in [-0.2, 0) is 0 Å². The van der Waals surface area contributed by atoms with Gasteiger partial charge in [0.1, 0.15) is 5.75 Å². The lowest BCUT2D eigenvalue weighted by Crippen LogP contribution is -1.99. The van der Waals surface area contributed by atoms with Gasteiger partial charge in [-0.3, -0.25) is 0 Å². The number of hydrogen-bond donors (Lipinski definition) is 3. The summed E-state index contributed by atoms with van der Waals surface area (Å²) in [6.45, 7) is 7.29. The molecule has 0 fully saturated rings. The van der Waals surface area contributed by atoms with E-state index in [1.807, 2.05) is 20.8 Å². The van der Waals surface area contributed by atoms with Crippen molar-refractivity contribution in [2.24, 2.45) is 0 Å². The number of phenols is 1. The second-order valence-corrected chi connectivity index (χ2v) is 5.44. The van der Waals surface area contributed by atoms with Crippen molar-refractivity contribution in [2.75, 3.05) is 0 Å². The first-order chi connectivity index (χ1) is 9.31. The van der Waals surface area contributed by atoms with E-state index in [9.17, 15) is 15.3 Å². The van der Waals surface area contributed by atoms with Crippen molar-refractivity contribution in [1.82, 2.24) is 0 Å². The minimum Gasteiger partial charge on any atom is -0.507 e. The minimum atomic E-state index is -0.611. The predicted molar refractivity (Wildman–Crippen MR) is 80.7 cm³/mol. The summed E-state index contributed by atoms with van der Waals surface area (Å²) in [6.07, 6.45) is 1.85. The van der Waals surface area contributed by atoms with Gasteiger partial charge in [-0.1, -0.05) is 0 Å². The first-order valence-electron chi connectivity index (χ1n) is 6.88. The fourth-order valence-electron chi connectivity index (χ4n) is 2.16. The minimum absolute atomic E-state index is 0.282. The van der Waals surface area contributed by atoms with E-state index in [0.717, 1.165) is 22.3 Å². The zero-order valence-corrected chi connectivity index (χ0v) is 12.6. The highest BCUT2D eigenvalue weighted by atomic mass is 16.3. The SMILES string of the molecule is CC(=C=CC[C@@H](O)c1cc(C)c(O)c(C)c1)C[C@H](C)O. The summed E-state index contributed by atoms with van der Waals surface area (Å²) in [7, 11) is 0. The summed E-state index contributed by atoms with van der Waals surface area (Å²) in [5.74, 6) is 0.282. The Morgan fingerprint density at radius 1 is 1.25 bits per heavy atom. The summed E-state index contributed by atoms with van der Waals surface area (Å²) < 4.78 is 0. The van der Waals surface area contributed by atoms with Gasteiger partial charge in [-0.15, -0.1) is 5.73 Å². The summed E-state index contributed by atoms with van der Waals surface area (Å²) in [5.41, 5.74) is 6.37. The number of aliphatic hydroxyl groups is 2. The van der Waals surface area contributed by atoms with E-state index in [0.29, 0.717) is 12.8 Å². The highest BCUT2D eigenvalue weighted by molar-refractivity contribution is 5.42. The molecule has 0 aromatic heterocycles. The number of hydrogen-bond acceptors (Lipinski definition) is 3. The Balaban J connectivity index is 2.77. The second kappa shape index (κ2) is 7.30. The summed E-state index contributed by atoms with van der Waals surface area (Å²) in [5, 5.41) is 29.1. The molecule has 0 unspecified atom stereocenters. The molecule has 0 bridgehead atoms. The number of aromatic hydroxyl groups is 1. The molecule has 0 aliphatic carbocycles. The molecule has 0 amide bonds. The molecular weight excluding hydrogens is 252 g/mol. The van der Waals surface area contributed by atoms with Gasteiger partial charge in [-0.05, 0) is 68.2 Å². The fraction of sp³-hybridized carbons (Fsp3) is 0.471. The Kier molecular flexibility index (Phi) is 6.03. The van der Waals surface area contributed by atoms with Crippen molar-refractivity contribution in [2.45, 2.75) is 52.7 Å². The predicted octanol–water partition coefficient (Wildman–Crippen LogP) is 3.30. The highest BCUT2D eigenvalue weighted by Crippen LogP contribution is 2.27. The van der Waals surface area contributed by atoms with Crippen LogP contribution in [0.5, 0.6) is 5.75 Å². The van der Waals surface area contributed by atoms with Crippen LogP contribution in [0.1, 0.15) is 49.5 Å². The molecule has 0 aliphatic rings. The average Bonchev–Trinajstić information content (AvgIpc) is 2.34. The summed E-state index contributed by atoms with van der Waals surface area (Å²) in [6, 6.07) is 3.60. The zero-order chi connectivity index (χ0) is 15.3. The van der Waals surface area contributed by atoms with E-state index in [1.165, 1.54) is 0 Å². The fourth-order valence-corrected chi connectivity index (χ4v) is 2.16. The zero-order valence-electron chi connectivity index (χ0n) is 12.6. The first-order valence-corrected chi connectivity index (χ1v) is 6.88. The standard InChI is InChI=1S/C17H24O3/c1-11(8-14(4)18)6-5-7-16(19)15-9-12(2)17(20)13(3)10-15/h5,9-10,14,16,18-20H,7-8H2,1-4H3/t6?,14-,16+/m0/s1. The molecule has 0 saturated carbocycles. The molecule has 3 N–H and O–H groups in total. The van der Waals surface area contributed by atoms with Crippen molar-refractivity contribution in [3.8, 4) is 5.75 Å². The van der Waals surface area contributed by atoms with Crippen molar-refractivity contribution < 1.29 is 15.3 Å². The average molecular weight is 276 g/mol. The van der Waals surface area contributed by atoms with Gasteiger partial charge in [-0.2, -0.15) is 0 Å². The van der Waals surface area contributed by atoms with Gasteiger partial charge in [0.2, 0.25) is 0 Å². The number of aryl methyl sites for hydroxylation is 2. The van der Waals surface area contributed by atoms with Gasteiger partial charge < -0.3 is 15.3 Å². The molecular formula is C17H24O3. The maximum absolute atomic E-state index is 10.1. The first kappa shape index (κ1) is 16.5. The molecule has 0 radical (unpaired) electrons. The van der Waals surface area contributed by atoms with Crippen LogP contribution in [0.4, 0.5) is 0 Å². The number of aliphatic hydroxyl groups excluding tert-OH is 2. The van der Waals surface area contributed by atoms with Gasteiger partial charge in [0, 0.05) is 12.8 Å². The van der Waals surface area contributed by atoms with Crippen molar-refractivity contribution in [3.63, 3.8) is 0 Å². The maximum Gasteiger partial charge on any atom is 0.121 e. The second-order valence-electron chi connectivity index (χ2n) is 5.44. The number of rotatable bonds is 5. The normalized spacial score (nSPS) is 13.5. The van der Waals surface area contributed by atoms with Gasteiger partial charge >= 0.3 is 0 Å². The molecule has 0 heterocycles. The Labute approximate surface area is 120 Å². The topological polar surface area (TPSA) is 60.7 Å². The Bertz CT molecular complexity index is 500. The molecule has 0 aliphatic heterocycles. The lowest BCUT2D eigenvalue weighted by atomic mass is 10.00. The van der Waals surface area contributed by atoms with Crippen LogP contribution < -0.4 is 0 Å². The van der Waals surface area contributed by atoms with Gasteiger partial charge in [0.05, 0.1) is 12.2 Å². The van der Waals surface area contributed by atoms with Crippen LogP contribution in [0.15, 0.2) is 29.5 Å². The van der Waals surface area contributed by atoms with Crippen LogP contribution in [0, 0.1) is 13.8 Å². The van der Waals surface area contributed by atoms with Gasteiger partial charge in [-0.25, -0.2) is 0 Å². The smallest absolute Gasteiger partial charge is 0.121 e. The lowest BCUT2D eigenvalue weighted by molar-refractivity contribution is 0.181. The van der Waals surface area contributed by atoms with Crippen LogP contribution in [0.25, 0.3) is 0 Å². The highest BCUT2D eigenvalue weighted by Gasteiger charge is 2.10. The summed E-state index contributed by atoms with van der Waals surface area (Å²) >= 11 is 0. The van der Waals surface area contributed by atoms with Crippen molar-refractivity contribution >= 4 is 0 Å². The van der Waals surface area contributed by atoms with Crippen LogP contribution in [0.3, 0.4) is 0 Å². The van der Waals surface area contributed by atoms with Gasteiger partial charge in [0.15, 0.2) is 0 Å². The number of benzene rings is 1. The third-order valence-corrected chi connectivity index (χ3v) is 3.19. The van der Waals surface area contributed by atoms with Gasteiger partial charge in [0.25, 0.3) is 0 Å². The number of phenolic OH excluding ortho intramolecular Hbond substituents is 1. The maximum atomic E-state index is 10.1. The molecule has 1 rings (SSSR count).